The molecule has 0 radical (unpaired) electrons. The van der Waals surface area contributed by atoms with E-state index in [0.29, 0.717) is 23.3 Å². The van der Waals surface area contributed by atoms with E-state index in [1.54, 1.807) is 0 Å². The molecular formula is C26H36O2. The minimum atomic E-state index is 0.309. The zero-order valence-electron chi connectivity index (χ0n) is 18.3. The Morgan fingerprint density at radius 3 is 1.29 bits per heavy atom. The molecule has 2 heteroatoms. The maximum absolute atomic E-state index is 10.3. The lowest BCUT2D eigenvalue weighted by molar-refractivity contribution is 0.212. The number of benzene rings is 2. The summed E-state index contributed by atoms with van der Waals surface area (Å²) < 4.78 is 0. The van der Waals surface area contributed by atoms with Gasteiger partial charge in [-0.1, -0.05) is 38.1 Å². The van der Waals surface area contributed by atoms with Crippen molar-refractivity contribution in [2.75, 3.05) is 0 Å². The highest BCUT2D eigenvalue weighted by Crippen LogP contribution is 2.45. The highest BCUT2D eigenvalue weighted by atomic mass is 16.3. The largest absolute Gasteiger partial charge is 0.507 e. The van der Waals surface area contributed by atoms with Crippen molar-refractivity contribution in [2.45, 2.75) is 73.1 Å². The first-order chi connectivity index (χ1) is 13.2. The van der Waals surface area contributed by atoms with E-state index in [0.717, 1.165) is 34.1 Å². The number of hydrogen-bond acceptors (Lipinski definition) is 2. The van der Waals surface area contributed by atoms with Gasteiger partial charge in [0.05, 0.1) is 0 Å². The Bertz CT molecular complexity index is 738. The van der Waals surface area contributed by atoms with Crippen molar-refractivity contribution in [3.63, 3.8) is 0 Å². The third kappa shape index (κ3) is 4.06. The van der Waals surface area contributed by atoms with Gasteiger partial charge in [0.25, 0.3) is 0 Å². The van der Waals surface area contributed by atoms with Crippen molar-refractivity contribution < 1.29 is 10.2 Å². The molecule has 2 nitrogen and oxygen atoms in total. The Morgan fingerprint density at radius 1 is 0.643 bits per heavy atom. The molecule has 0 atom stereocenters. The summed E-state index contributed by atoms with van der Waals surface area (Å²) in [6, 6.07) is 8.66. The summed E-state index contributed by atoms with van der Waals surface area (Å²) in [5, 5.41) is 20.6. The van der Waals surface area contributed by atoms with Gasteiger partial charge in [-0.05, 0) is 105 Å². The normalized spacial score (nSPS) is 20.1. The van der Waals surface area contributed by atoms with Crippen molar-refractivity contribution >= 4 is 0 Å². The van der Waals surface area contributed by atoms with E-state index in [4.69, 9.17) is 0 Å². The van der Waals surface area contributed by atoms with Crippen molar-refractivity contribution in [1.29, 1.82) is 0 Å². The van der Waals surface area contributed by atoms with E-state index < -0.39 is 0 Å². The molecule has 0 amide bonds. The monoisotopic (exact) mass is 380 g/mol. The Balaban J connectivity index is 2.05. The number of aromatic hydroxyl groups is 2. The van der Waals surface area contributed by atoms with E-state index in [1.807, 2.05) is 27.7 Å². The van der Waals surface area contributed by atoms with Crippen LogP contribution in [-0.4, -0.2) is 10.2 Å². The highest BCUT2D eigenvalue weighted by Gasteiger charge is 2.31. The molecule has 2 N–H and O–H groups in total. The summed E-state index contributed by atoms with van der Waals surface area (Å²) in [7, 11) is 0. The fourth-order valence-electron chi connectivity index (χ4n) is 5.22. The summed E-state index contributed by atoms with van der Waals surface area (Å²) in [5.41, 5.74) is 6.38. The minimum Gasteiger partial charge on any atom is -0.507 e. The maximum Gasteiger partial charge on any atom is 0.121 e. The molecule has 0 aliphatic heterocycles. The average Bonchev–Trinajstić information content (AvgIpc) is 2.64. The van der Waals surface area contributed by atoms with E-state index in [-0.39, 0.29) is 0 Å². The fourth-order valence-corrected chi connectivity index (χ4v) is 5.22. The molecule has 2 aromatic carbocycles. The standard InChI is InChI=1S/C26H36O2/c1-15(2)20-7-9-21(10-8-20)24(22-11-16(3)25(27)17(4)12-22)23-13-18(5)26(28)19(6)14-23/h11-15,20-21,24,27-28H,7-10H2,1-6H3. The van der Waals surface area contributed by atoms with Crippen LogP contribution in [0.4, 0.5) is 0 Å². The minimum absolute atomic E-state index is 0.309. The second-order valence-electron chi connectivity index (χ2n) is 9.40. The van der Waals surface area contributed by atoms with Gasteiger partial charge in [-0.2, -0.15) is 0 Å². The van der Waals surface area contributed by atoms with Crippen LogP contribution in [0.3, 0.4) is 0 Å². The van der Waals surface area contributed by atoms with Crippen LogP contribution in [0, 0.1) is 45.4 Å². The van der Waals surface area contributed by atoms with Crippen LogP contribution in [0.5, 0.6) is 11.5 Å². The first kappa shape index (κ1) is 20.8. The average molecular weight is 381 g/mol. The molecule has 1 fully saturated rings. The van der Waals surface area contributed by atoms with Crippen molar-refractivity contribution in [2.24, 2.45) is 17.8 Å². The zero-order chi connectivity index (χ0) is 20.6. The van der Waals surface area contributed by atoms with Crippen LogP contribution < -0.4 is 0 Å². The summed E-state index contributed by atoms with van der Waals surface area (Å²) >= 11 is 0. The lowest BCUT2D eigenvalue weighted by Gasteiger charge is -2.36. The lowest BCUT2D eigenvalue weighted by atomic mass is 9.68. The number of phenolic OH excluding ortho intramolecular Hbond substituents is 2. The second-order valence-corrected chi connectivity index (χ2v) is 9.40. The van der Waals surface area contributed by atoms with Crippen molar-refractivity contribution in [1.82, 2.24) is 0 Å². The molecule has 3 rings (SSSR count). The molecule has 0 saturated heterocycles. The van der Waals surface area contributed by atoms with E-state index in [1.165, 1.54) is 36.8 Å². The Hall–Kier alpha value is -1.96. The van der Waals surface area contributed by atoms with Gasteiger partial charge in [-0.15, -0.1) is 0 Å². The second kappa shape index (κ2) is 8.19. The lowest BCUT2D eigenvalue weighted by Crippen LogP contribution is -2.24. The van der Waals surface area contributed by atoms with E-state index >= 15 is 0 Å². The molecular weight excluding hydrogens is 344 g/mol. The van der Waals surface area contributed by atoms with E-state index in [2.05, 4.69) is 38.1 Å². The number of hydrogen-bond donors (Lipinski definition) is 2. The molecule has 0 heterocycles. The Morgan fingerprint density at radius 2 is 0.964 bits per heavy atom. The van der Waals surface area contributed by atoms with Crippen molar-refractivity contribution in [3.05, 3.63) is 57.6 Å². The Labute approximate surface area is 170 Å². The van der Waals surface area contributed by atoms with Crippen molar-refractivity contribution in [3.8, 4) is 11.5 Å². The molecule has 1 aliphatic carbocycles. The topological polar surface area (TPSA) is 40.5 Å². The van der Waals surface area contributed by atoms with Crippen LogP contribution in [0.25, 0.3) is 0 Å². The molecule has 152 valence electrons. The van der Waals surface area contributed by atoms with Gasteiger partial charge in [0, 0.05) is 5.92 Å². The number of phenols is 2. The number of rotatable bonds is 4. The summed E-state index contributed by atoms with van der Waals surface area (Å²) in [6.07, 6.45) is 5.08. The first-order valence-electron chi connectivity index (χ1n) is 10.8. The third-order valence-corrected chi connectivity index (χ3v) is 6.98. The molecule has 28 heavy (non-hydrogen) atoms. The molecule has 0 aromatic heterocycles. The van der Waals surface area contributed by atoms with Crippen LogP contribution >= 0.6 is 0 Å². The van der Waals surface area contributed by atoms with Gasteiger partial charge in [0.2, 0.25) is 0 Å². The van der Waals surface area contributed by atoms with E-state index in [9.17, 15) is 10.2 Å². The summed E-state index contributed by atoms with van der Waals surface area (Å²) in [4.78, 5) is 0. The zero-order valence-corrected chi connectivity index (χ0v) is 18.3. The molecule has 0 bridgehead atoms. The fraction of sp³-hybridized carbons (Fsp3) is 0.538. The predicted molar refractivity (Wildman–Crippen MR) is 117 cm³/mol. The summed E-state index contributed by atoms with van der Waals surface area (Å²) in [6.45, 7) is 12.7. The molecule has 0 spiro atoms. The third-order valence-electron chi connectivity index (χ3n) is 6.98. The van der Waals surface area contributed by atoms with Gasteiger partial charge in [0.15, 0.2) is 0 Å². The highest BCUT2D eigenvalue weighted by molar-refractivity contribution is 5.49. The van der Waals surface area contributed by atoms with Gasteiger partial charge in [-0.25, -0.2) is 0 Å². The van der Waals surface area contributed by atoms with Crippen LogP contribution in [0.2, 0.25) is 0 Å². The van der Waals surface area contributed by atoms with Gasteiger partial charge in [-0.3, -0.25) is 0 Å². The first-order valence-corrected chi connectivity index (χ1v) is 10.8. The SMILES string of the molecule is Cc1cc(C(c2cc(C)c(O)c(C)c2)C2CCC(C(C)C)CC2)cc(C)c1O. The van der Waals surface area contributed by atoms with Gasteiger partial charge < -0.3 is 10.2 Å². The molecule has 0 unspecified atom stereocenters. The predicted octanol–water partition coefficient (Wildman–Crippen LogP) is 6.93. The van der Waals surface area contributed by atoms with Gasteiger partial charge >= 0.3 is 0 Å². The Kier molecular flexibility index (Phi) is 6.07. The molecule has 2 aromatic rings. The number of aryl methyl sites for hydroxylation is 4. The quantitative estimate of drug-likeness (QED) is 0.604. The maximum atomic E-state index is 10.3. The van der Waals surface area contributed by atoms with Crippen LogP contribution in [-0.2, 0) is 0 Å². The van der Waals surface area contributed by atoms with Crippen LogP contribution in [0.1, 0.15) is 78.8 Å². The molecule has 1 saturated carbocycles. The van der Waals surface area contributed by atoms with Crippen LogP contribution in [0.15, 0.2) is 24.3 Å². The molecule has 1 aliphatic rings. The smallest absolute Gasteiger partial charge is 0.121 e. The summed E-state index contributed by atoms with van der Waals surface area (Å²) in [5.74, 6) is 3.32. The van der Waals surface area contributed by atoms with Gasteiger partial charge in [0.1, 0.15) is 11.5 Å².